The van der Waals surface area contributed by atoms with Gasteiger partial charge in [0.05, 0.1) is 12.3 Å². The van der Waals surface area contributed by atoms with E-state index in [0.717, 1.165) is 32.0 Å². The molecular weight excluding hydrogens is 384 g/mol. The molecule has 1 saturated heterocycles. The summed E-state index contributed by atoms with van der Waals surface area (Å²) in [5.41, 5.74) is 7.18. The van der Waals surface area contributed by atoms with Gasteiger partial charge >= 0.3 is 0 Å². The maximum absolute atomic E-state index is 13.1. The van der Waals surface area contributed by atoms with Crippen molar-refractivity contribution in [3.63, 3.8) is 0 Å². The van der Waals surface area contributed by atoms with Crippen molar-refractivity contribution in [2.24, 2.45) is 0 Å². The molecule has 0 aliphatic carbocycles. The standard InChI is InChI=1S/C20H26N8O2/c1-13(2)30-15-4-6-22-12-14(15)23-20(29)17-18(21)25-28-7-5-16(24-19(17)28)27-10-8-26(3)9-11-27/h4-7,12-13H,8-11H2,1-3H3,(H2,21,25)(H,23,29). The number of hydrogen-bond donors (Lipinski definition) is 2. The van der Waals surface area contributed by atoms with Gasteiger partial charge in [0.2, 0.25) is 0 Å². The molecule has 0 aromatic carbocycles. The Labute approximate surface area is 174 Å². The minimum atomic E-state index is -0.410. The molecule has 3 N–H and O–H groups in total. The summed E-state index contributed by atoms with van der Waals surface area (Å²) in [4.78, 5) is 26.3. The lowest BCUT2D eigenvalue weighted by Gasteiger charge is -2.33. The molecule has 1 fully saturated rings. The summed E-state index contributed by atoms with van der Waals surface area (Å²) >= 11 is 0. The molecule has 158 valence electrons. The van der Waals surface area contributed by atoms with Gasteiger partial charge in [-0.05, 0) is 27.0 Å². The molecule has 0 saturated carbocycles. The Hall–Kier alpha value is -3.40. The molecule has 30 heavy (non-hydrogen) atoms. The van der Waals surface area contributed by atoms with E-state index >= 15 is 0 Å². The maximum atomic E-state index is 13.1. The lowest BCUT2D eigenvalue weighted by Crippen LogP contribution is -2.44. The molecule has 1 amide bonds. The van der Waals surface area contributed by atoms with Crippen molar-refractivity contribution in [1.29, 1.82) is 0 Å². The number of aromatic nitrogens is 4. The third kappa shape index (κ3) is 3.99. The first-order valence-corrected chi connectivity index (χ1v) is 9.92. The third-order valence-corrected chi connectivity index (χ3v) is 4.94. The van der Waals surface area contributed by atoms with Crippen LogP contribution >= 0.6 is 0 Å². The normalized spacial score (nSPS) is 15.0. The third-order valence-electron chi connectivity index (χ3n) is 4.94. The van der Waals surface area contributed by atoms with E-state index in [4.69, 9.17) is 15.5 Å². The zero-order chi connectivity index (χ0) is 21.3. The number of pyridine rings is 1. The van der Waals surface area contributed by atoms with Crippen LogP contribution in [0.2, 0.25) is 0 Å². The summed E-state index contributed by atoms with van der Waals surface area (Å²) < 4.78 is 7.28. The van der Waals surface area contributed by atoms with Gasteiger partial charge in [0, 0.05) is 44.6 Å². The molecule has 3 aromatic rings. The minimum absolute atomic E-state index is 0.0436. The van der Waals surface area contributed by atoms with Crippen LogP contribution in [-0.2, 0) is 0 Å². The van der Waals surface area contributed by atoms with Gasteiger partial charge in [0.15, 0.2) is 11.5 Å². The number of nitrogens with one attached hydrogen (secondary N) is 1. The Morgan fingerprint density at radius 3 is 2.73 bits per heavy atom. The molecule has 4 rings (SSSR count). The van der Waals surface area contributed by atoms with Gasteiger partial charge < -0.3 is 25.6 Å². The fourth-order valence-corrected chi connectivity index (χ4v) is 3.38. The van der Waals surface area contributed by atoms with E-state index in [9.17, 15) is 4.79 Å². The van der Waals surface area contributed by atoms with Crippen molar-refractivity contribution in [1.82, 2.24) is 24.5 Å². The lowest BCUT2D eigenvalue weighted by atomic mass is 10.2. The van der Waals surface area contributed by atoms with Crippen molar-refractivity contribution in [3.8, 4) is 5.75 Å². The van der Waals surface area contributed by atoms with E-state index in [1.165, 1.54) is 4.52 Å². The summed E-state index contributed by atoms with van der Waals surface area (Å²) in [6, 6.07) is 3.60. The molecular formula is C20H26N8O2. The number of rotatable bonds is 5. The summed E-state index contributed by atoms with van der Waals surface area (Å²) in [7, 11) is 2.10. The molecule has 0 atom stereocenters. The summed E-state index contributed by atoms with van der Waals surface area (Å²) in [5, 5.41) is 7.08. The highest BCUT2D eigenvalue weighted by atomic mass is 16.5. The molecule has 0 radical (unpaired) electrons. The van der Waals surface area contributed by atoms with Crippen molar-refractivity contribution in [3.05, 3.63) is 36.3 Å². The summed E-state index contributed by atoms with van der Waals surface area (Å²) in [5.74, 6) is 1.04. The number of amides is 1. The number of hydrogen-bond acceptors (Lipinski definition) is 8. The first-order valence-electron chi connectivity index (χ1n) is 9.92. The Balaban J connectivity index is 1.64. The lowest BCUT2D eigenvalue weighted by molar-refractivity contribution is 0.102. The van der Waals surface area contributed by atoms with Gasteiger partial charge in [-0.15, -0.1) is 5.10 Å². The van der Waals surface area contributed by atoms with Crippen LogP contribution in [-0.4, -0.2) is 69.7 Å². The maximum Gasteiger partial charge on any atom is 0.263 e. The SMILES string of the molecule is CC(C)Oc1ccncc1NC(=O)c1c(N)nn2ccc(N3CCN(C)CC3)nc12. The van der Waals surface area contributed by atoms with Crippen molar-refractivity contribution < 1.29 is 9.53 Å². The van der Waals surface area contributed by atoms with Gasteiger partial charge in [0.1, 0.15) is 22.8 Å². The molecule has 10 nitrogen and oxygen atoms in total. The zero-order valence-electron chi connectivity index (χ0n) is 17.4. The first kappa shape index (κ1) is 19.9. The second kappa shape index (κ2) is 8.15. The molecule has 3 aromatic heterocycles. The molecule has 0 unspecified atom stereocenters. The second-order valence-corrected chi connectivity index (χ2v) is 7.60. The van der Waals surface area contributed by atoms with Crippen LogP contribution in [0.15, 0.2) is 30.7 Å². The van der Waals surface area contributed by atoms with Gasteiger partial charge in [-0.1, -0.05) is 0 Å². The number of anilines is 3. The van der Waals surface area contributed by atoms with E-state index < -0.39 is 5.91 Å². The topological polar surface area (TPSA) is 114 Å². The van der Waals surface area contributed by atoms with E-state index in [2.05, 4.69) is 32.2 Å². The Bertz CT molecular complexity index is 1060. The monoisotopic (exact) mass is 410 g/mol. The average molecular weight is 410 g/mol. The molecule has 0 bridgehead atoms. The van der Waals surface area contributed by atoms with Gasteiger partial charge in [-0.25, -0.2) is 9.50 Å². The highest BCUT2D eigenvalue weighted by molar-refractivity contribution is 6.12. The van der Waals surface area contributed by atoms with Gasteiger partial charge in [-0.3, -0.25) is 9.78 Å². The van der Waals surface area contributed by atoms with Crippen LogP contribution in [0.3, 0.4) is 0 Å². The van der Waals surface area contributed by atoms with Crippen molar-refractivity contribution in [2.45, 2.75) is 20.0 Å². The van der Waals surface area contributed by atoms with Crippen molar-refractivity contribution >= 4 is 28.9 Å². The predicted molar refractivity (Wildman–Crippen MR) is 115 cm³/mol. The van der Waals surface area contributed by atoms with Gasteiger partial charge in [-0.2, -0.15) is 0 Å². The first-order chi connectivity index (χ1) is 14.4. The number of carbonyl (C=O) groups excluding carboxylic acids is 1. The number of likely N-dealkylation sites (N-methyl/N-ethyl adjacent to an activating group) is 1. The number of nitrogen functional groups attached to an aromatic ring is 1. The van der Waals surface area contributed by atoms with Crippen LogP contribution in [0.4, 0.5) is 17.3 Å². The number of piperazine rings is 1. The van der Waals surface area contributed by atoms with Crippen LogP contribution in [0.5, 0.6) is 5.75 Å². The van der Waals surface area contributed by atoms with Crippen LogP contribution in [0, 0.1) is 0 Å². The van der Waals surface area contributed by atoms with E-state index in [-0.39, 0.29) is 17.5 Å². The fourth-order valence-electron chi connectivity index (χ4n) is 3.38. The average Bonchev–Trinajstić information content (AvgIpc) is 3.04. The molecule has 10 heteroatoms. The quantitative estimate of drug-likeness (QED) is 0.650. The molecule has 0 spiro atoms. The minimum Gasteiger partial charge on any atom is -0.489 e. The number of fused-ring (bicyclic) bond motifs is 1. The smallest absolute Gasteiger partial charge is 0.263 e. The molecule has 4 heterocycles. The molecule has 1 aliphatic heterocycles. The highest BCUT2D eigenvalue weighted by Gasteiger charge is 2.23. The van der Waals surface area contributed by atoms with E-state index in [1.807, 2.05) is 19.9 Å². The van der Waals surface area contributed by atoms with Crippen LogP contribution < -0.4 is 20.7 Å². The zero-order valence-corrected chi connectivity index (χ0v) is 17.4. The van der Waals surface area contributed by atoms with Gasteiger partial charge in [0.25, 0.3) is 5.91 Å². The molecule has 1 aliphatic rings. The van der Waals surface area contributed by atoms with Crippen LogP contribution in [0.25, 0.3) is 5.65 Å². The number of nitrogens with two attached hydrogens (primary N) is 1. The highest BCUT2D eigenvalue weighted by Crippen LogP contribution is 2.26. The number of ether oxygens (including phenoxy) is 1. The Morgan fingerprint density at radius 2 is 2.00 bits per heavy atom. The van der Waals surface area contributed by atoms with E-state index in [0.29, 0.717) is 17.1 Å². The Kier molecular flexibility index (Phi) is 5.40. The van der Waals surface area contributed by atoms with Crippen LogP contribution in [0.1, 0.15) is 24.2 Å². The summed E-state index contributed by atoms with van der Waals surface area (Å²) in [6.45, 7) is 7.49. The fraction of sp³-hybridized carbons (Fsp3) is 0.400. The largest absolute Gasteiger partial charge is 0.489 e. The van der Waals surface area contributed by atoms with E-state index in [1.54, 1.807) is 24.7 Å². The second-order valence-electron chi connectivity index (χ2n) is 7.60. The number of carbonyl (C=O) groups is 1. The summed E-state index contributed by atoms with van der Waals surface area (Å²) in [6.07, 6.45) is 4.89. The Morgan fingerprint density at radius 1 is 1.23 bits per heavy atom. The number of nitrogens with zero attached hydrogens (tertiary/aromatic N) is 6. The van der Waals surface area contributed by atoms with Crippen molar-refractivity contribution in [2.75, 3.05) is 49.2 Å². The predicted octanol–water partition coefficient (Wildman–Crippen LogP) is 1.50.